The van der Waals surface area contributed by atoms with Gasteiger partial charge < -0.3 is 4.74 Å². The molecule has 0 saturated heterocycles. The second-order valence-electron chi connectivity index (χ2n) is 7.47. The van der Waals surface area contributed by atoms with Gasteiger partial charge in [0.2, 0.25) is 15.9 Å². The first-order valence-corrected chi connectivity index (χ1v) is 10.9. The van der Waals surface area contributed by atoms with E-state index in [0.29, 0.717) is 10.8 Å². The van der Waals surface area contributed by atoms with E-state index in [1.807, 2.05) is 52.0 Å². The summed E-state index contributed by atoms with van der Waals surface area (Å²) < 4.78 is 35.0. The van der Waals surface area contributed by atoms with E-state index in [0.717, 1.165) is 47.9 Å². The summed E-state index contributed by atoms with van der Waals surface area (Å²) in [5, 5.41) is 0. The molecule has 1 fully saturated rings. The van der Waals surface area contributed by atoms with E-state index in [2.05, 4.69) is 9.71 Å². The first-order valence-electron chi connectivity index (χ1n) is 9.45. The monoisotopic (exact) mass is 388 g/mol. The van der Waals surface area contributed by atoms with Crippen LogP contribution < -0.4 is 9.46 Å². The van der Waals surface area contributed by atoms with Crippen LogP contribution >= 0.6 is 0 Å². The summed E-state index contributed by atoms with van der Waals surface area (Å²) in [5.74, 6) is 0.628. The molecule has 1 aromatic heterocycles. The molecule has 1 aromatic carbocycles. The lowest BCUT2D eigenvalue weighted by Crippen LogP contribution is -2.40. The number of sulfonamides is 1. The molecule has 0 amide bonds. The quantitative estimate of drug-likeness (QED) is 0.841. The van der Waals surface area contributed by atoms with E-state index in [-0.39, 0.29) is 12.1 Å². The van der Waals surface area contributed by atoms with Crippen molar-refractivity contribution in [1.29, 1.82) is 0 Å². The predicted octanol–water partition coefficient (Wildman–Crippen LogP) is 3.98. The molecule has 1 aliphatic carbocycles. The SMILES string of the molecule is Cc1cc(C)c(C)c(S(=O)(=O)NC2CCC(Oc3ccccn3)CC2)c1C. The zero-order chi connectivity index (χ0) is 19.6. The van der Waals surface area contributed by atoms with Crippen LogP contribution in [-0.4, -0.2) is 25.5 Å². The van der Waals surface area contributed by atoms with Crippen LogP contribution in [0.5, 0.6) is 5.88 Å². The van der Waals surface area contributed by atoms with Crippen molar-refractivity contribution in [2.75, 3.05) is 0 Å². The molecule has 0 bridgehead atoms. The van der Waals surface area contributed by atoms with Gasteiger partial charge in [-0.15, -0.1) is 0 Å². The lowest BCUT2D eigenvalue weighted by Gasteiger charge is -2.29. The summed E-state index contributed by atoms with van der Waals surface area (Å²) in [7, 11) is -3.55. The molecule has 27 heavy (non-hydrogen) atoms. The standard InChI is InChI=1S/C21H28N2O3S/c1-14-13-15(2)17(4)21(16(14)3)27(24,25)23-18-8-10-19(11-9-18)26-20-7-5-6-12-22-20/h5-7,12-13,18-19,23H,8-11H2,1-4H3. The summed E-state index contributed by atoms with van der Waals surface area (Å²) in [6.45, 7) is 7.68. The maximum atomic E-state index is 13.1. The van der Waals surface area contributed by atoms with Gasteiger partial charge in [0.15, 0.2) is 0 Å². The first-order chi connectivity index (χ1) is 12.8. The Hall–Kier alpha value is -1.92. The summed E-state index contributed by atoms with van der Waals surface area (Å²) in [6, 6.07) is 7.59. The number of nitrogens with one attached hydrogen (secondary N) is 1. The number of nitrogens with zero attached hydrogens (tertiary/aromatic N) is 1. The van der Waals surface area contributed by atoms with Crippen LogP contribution in [0.4, 0.5) is 0 Å². The third-order valence-electron chi connectivity index (χ3n) is 5.49. The number of benzene rings is 1. The largest absolute Gasteiger partial charge is 0.474 e. The van der Waals surface area contributed by atoms with Crippen LogP contribution in [0.2, 0.25) is 0 Å². The highest BCUT2D eigenvalue weighted by Crippen LogP contribution is 2.28. The number of rotatable bonds is 5. The maximum Gasteiger partial charge on any atom is 0.241 e. The van der Waals surface area contributed by atoms with Gasteiger partial charge in [-0.05, 0) is 81.7 Å². The average molecular weight is 389 g/mol. The number of hydrogen-bond acceptors (Lipinski definition) is 4. The van der Waals surface area contributed by atoms with E-state index >= 15 is 0 Å². The van der Waals surface area contributed by atoms with Crippen LogP contribution in [0.1, 0.15) is 47.9 Å². The van der Waals surface area contributed by atoms with Gasteiger partial charge in [-0.2, -0.15) is 0 Å². The minimum Gasteiger partial charge on any atom is -0.474 e. The molecule has 1 heterocycles. The molecule has 5 nitrogen and oxygen atoms in total. The molecule has 0 spiro atoms. The molecule has 6 heteroatoms. The van der Waals surface area contributed by atoms with Gasteiger partial charge in [0, 0.05) is 18.3 Å². The molecular formula is C21H28N2O3S. The van der Waals surface area contributed by atoms with Crippen LogP contribution in [0.25, 0.3) is 0 Å². The Kier molecular flexibility index (Phi) is 5.86. The fraction of sp³-hybridized carbons (Fsp3) is 0.476. The van der Waals surface area contributed by atoms with Gasteiger partial charge in [0.05, 0.1) is 4.90 Å². The van der Waals surface area contributed by atoms with Gasteiger partial charge in [-0.3, -0.25) is 0 Å². The fourth-order valence-corrected chi connectivity index (χ4v) is 5.67. The van der Waals surface area contributed by atoms with Gasteiger partial charge in [-0.25, -0.2) is 18.1 Å². The van der Waals surface area contributed by atoms with Gasteiger partial charge in [-0.1, -0.05) is 12.1 Å². The molecule has 0 aliphatic heterocycles. The van der Waals surface area contributed by atoms with E-state index < -0.39 is 10.0 Å². The van der Waals surface area contributed by atoms with Crippen LogP contribution in [0, 0.1) is 27.7 Å². The smallest absolute Gasteiger partial charge is 0.241 e. The number of aromatic nitrogens is 1. The molecule has 0 radical (unpaired) electrons. The molecule has 1 N–H and O–H groups in total. The summed E-state index contributed by atoms with van der Waals surface area (Å²) in [4.78, 5) is 4.63. The first kappa shape index (κ1) is 19.8. The van der Waals surface area contributed by atoms with Crippen molar-refractivity contribution in [3.63, 3.8) is 0 Å². The molecular weight excluding hydrogens is 360 g/mol. The highest BCUT2D eigenvalue weighted by Gasteiger charge is 2.29. The normalized spacial score (nSPS) is 20.4. The molecule has 2 aromatic rings. The minimum atomic E-state index is -3.55. The van der Waals surface area contributed by atoms with Crippen molar-refractivity contribution >= 4 is 10.0 Å². The number of pyridine rings is 1. The van der Waals surface area contributed by atoms with Gasteiger partial charge in [0.1, 0.15) is 6.10 Å². The molecule has 1 aliphatic rings. The van der Waals surface area contributed by atoms with E-state index in [1.165, 1.54) is 0 Å². The van der Waals surface area contributed by atoms with Crippen LogP contribution in [0.3, 0.4) is 0 Å². The van der Waals surface area contributed by atoms with Crippen molar-refractivity contribution in [3.8, 4) is 5.88 Å². The fourth-order valence-electron chi connectivity index (χ4n) is 3.75. The Labute approximate surface area is 162 Å². The van der Waals surface area contributed by atoms with Crippen molar-refractivity contribution in [3.05, 3.63) is 52.7 Å². The Morgan fingerprint density at radius 1 is 1.00 bits per heavy atom. The Morgan fingerprint density at radius 2 is 1.63 bits per heavy atom. The molecule has 1 saturated carbocycles. The second-order valence-corrected chi connectivity index (χ2v) is 9.12. The van der Waals surface area contributed by atoms with E-state index in [9.17, 15) is 8.42 Å². The summed E-state index contributed by atoms with van der Waals surface area (Å²) in [5.41, 5.74) is 3.67. The Bertz CT molecular complexity index is 877. The molecule has 0 unspecified atom stereocenters. The topological polar surface area (TPSA) is 68.3 Å². The lowest BCUT2D eigenvalue weighted by molar-refractivity contribution is 0.138. The van der Waals surface area contributed by atoms with Gasteiger partial charge in [0.25, 0.3) is 0 Å². The minimum absolute atomic E-state index is 0.0572. The predicted molar refractivity (Wildman–Crippen MR) is 107 cm³/mol. The lowest BCUT2D eigenvalue weighted by atomic mass is 9.94. The number of hydrogen-bond donors (Lipinski definition) is 1. The van der Waals surface area contributed by atoms with Crippen molar-refractivity contribution in [2.24, 2.45) is 0 Å². The molecule has 3 rings (SSSR count). The third kappa shape index (κ3) is 4.50. The maximum absolute atomic E-state index is 13.1. The Balaban J connectivity index is 1.67. The highest BCUT2D eigenvalue weighted by molar-refractivity contribution is 7.89. The van der Waals surface area contributed by atoms with Crippen molar-refractivity contribution in [1.82, 2.24) is 9.71 Å². The van der Waals surface area contributed by atoms with E-state index in [1.54, 1.807) is 6.20 Å². The third-order valence-corrected chi connectivity index (χ3v) is 7.28. The summed E-state index contributed by atoms with van der Waals surface area (Å²) in [6.07, 6.45) is 4.96. The second kappa shape index (κ2) is 7.98. The average Bonchev–Trinajstić information content (AvgIpc) is 2.62. The van der Waals surface area contributed by atoms with Crippen LogP contribution in [-0.2, 0) is 10.0 Å². The molecule has 0 atom stereocenters. The van der Waals surface area contributed by atoms with Gasteiger partial charge >= 0.3 is 0 Å². The number of aryl methyl sites for hydroxylation is 2. The van der Waals surface area contributed by atoms with Crippen molar-refractivity contribution in [2.45, 2.75) is 70.4 Å². The summed E-state index contributed by atoms with van der Waals surface area (Å²) >= 11 is 0. The van der Waals surface area contributed by atoms with E-state index in [4.69, 9.17) is 4.74 Å². The number of ether oxygens (including phenoxy) is 1. The highest BCUT2D eigenvalue weighted by atomic mass is 32.2. The molecule has 146 valence electrons. The zero-order valence-electron chi connectivity index (χ0n) is 16.5. The van der Waals surface area contributed by atoms with Crippen LogP contribution in [0.15, 0.2) is 35.4 Å². The van der Waals surface area contributed by atoms with Crippen molar-refractivity contribution < 1.29 is 13.2 Å². The Morgan fingerprint density at radius 3 is 2.19 bits per heavy atom. The zero-order valence-corrected chi connectivity index (χ0v) is 17.3.